The number of ether oxygens (including phenoxy) is 1. The molecule has 2 aliphatic rings. The largest absolute Gasteiger partial charge is 0.480 e. The molecule has 14 heteroatoms. The van der Waals surface area contributed by atoms with Gasteiger partial charge in [0, 0.05) is 18.5 Å². The predicted molar refractivity (Wildman–Crippen MR) is 148 cm³/mol. The van der Waals surface area contributed by atoms with Crippen LogP contribution in [0.1, 0.15) is 62.4 Å². The molecule has 0 spiro atoms. The molecule has 13 nitrogen and oxygen atoms in total. The Bertz CT molecular complexity index is 1820. The van der Waals surface area contributed by atoms with Crippen LogP contribution >= 0.6 is 0 Å². The van der Waals surface area contributed by atoms with Gasteiger partial charge in [0.05, 0.1) is 47.9 Å². The monoisotopic (exact) mass is 576 g/mol. The van der Waals surface area contributed by atoms with Gasteiger partial charge in [-0.1, -0.05) is 6.92 Å². The summed E-state index contributed by atoms with van der Waals surface area (Å²) < 4.78 is 31.1. The Kier molecular flexibility index (Phi) is 6.93. The Hall–Kier alpha value is -4.33. The highest BCUT2D eigenvalue weighted by atomic mass is 32.2. The molecule has 0 aromatic carbocycles. The first-order chi connectivity index (χ1) is 19.8. The lowest BCUT2D eigenvalue weighted by Gasteiger charge is -2.18. The molecule has 1 unspecified atom stereocenters. The van der Waals surface area contributed by atoms with E-state index in [4.69, 9.17) is 9.72 Å². The van der Waals surface area contributed by atoms with Crippen LogP contribution in [0, 0.1) is 0 Å². The van der Waals surface area contributed by atoms with Crippen molar-refractivity contribution < 1.29 is 17.9 Å². The van der Waals surface area contributed by atoms with Crippen LogP contribution < -0.4 is 15.6 Å². The molecular weight excluding hydrogens is 548 g/mol. The van der Waals surface area contributed by atoms with Gasteiger partial charge in [-0.15, -0.1) is 0 Å². The summed E-state index contributed by atoms with van der Waals surface area (Å²) in [6.45, 7) is 1.68. The fraction of sp³-hybridized carbons (Fsp3) is 0.407. The fourth-order valence-electron chi connectivity index (χ4n) is 5.05. The van der Waals surface area contributed by atoms with E-state index in [1.165, 1.54) is 36.5 Å². The third-order valence-electron chi connectivity index (χ3n) is 7.41. The number of carbonyl (C=O) groups excluding carboxylic acids is 1. The maximum absolute atomic E-state index is 13.8. The number of sulfone groups is 1. The molecule has 0 saturated heterocycles. The summed E-state index contributed by atoms with van der Waals surface area (Å²) in [4.78, 5) is 53.5. The SMILES string of the molecule is CCS(=O)(=O)c1ccc(CNc2nc3cnc(-c4c(OC)ncnc4C4CC4)nc3n(C3CCCC3=O)c2=O)nc1. The van der Waals surface area contributed by atoms with Crippen molar-refractivity contribution in [1.29, 1.82) is 0 Å². The second-order valence-corrected chi connectivity index (χ2v) is 12.4. The average Bonchev–Trinajstić information content (AvgIpc) is 3.76. The van der Waals surface area contributed by atoms with Crippen LogP contribution in [0.25, 0.3) is 22.6 Å². The molecule has 41 heavy (non-hydrogen) atoms. The second kappa shape index (κ2) is 10.6. The van der Waals surface area contributed by atoms with Crippen LogP contribution in [0.2, 0.25) is 0 Å². The molecule has 2 fully saturated rings. The van der Waals surface area contributed by atoms with Gasteiger partial charge in [-0.2, -0.15) is 0 Å². The summed E-state index contributed by atoms with van der Waals surface area (Å²) in [5.74, 6) is 0.837. The number of hydrogen-bond acceptors (Lipinski definition) is 12. The molecule has 4 aromatic heterocycles. The number of anilines is 1. The second-order valence-electron chi connectivity index (χ2n) is 10.1. The maximum atomic E-state index is 13.8. The Labute approximate surface area is 235 Å². The van der Waals surface area contributed by atoms with Crippen molar-refractivity contribution in [2.24, 2.45) is 0 Å². The van der Waals surface area contributed by atoms with Gasteiger partial charge in [-0.05, 0) is 37.8 Å². The lowest BCUT2D eigenvalue weighted by Crippen LogP contribution is -2.31. The van der Waals surface area contributed by atoms with Gasteiger partial charge in [0.1, 0.15) is 17.4 Å². The molecule has 0 aliphatic heterocycles. The van der Waals surface area contributed by atoms with Gasteiger partial charge >= 0.3 is 0 Å². The Balaban J connectivity index is 1.42. The third-order valence-corrected chi connectivity index (χ3v) is 9.13. The number of ketones is 1. The number of carbonyl (C=O) groups is 1. The molecule has 0 amide bonds. The summed E-state index contributed by atoms with van der Waals surface area (Å²) in [5, 5.41) is 3.01. The van der Waals surface area contributed by atoms with Gasteiger partial charge in [0.15, 0.2) is 32.9 Å². The van der Waals surface area contributed by atoms with Crippen LogP contribution in [0.4, 0.5) is 5.82 Å². The number of Topliss-reactive ketones (excluding diaryl/α,β-unsaturated/α-hetero) is 1. The fourth-order valence-corrected chi connectivity index (χ4v) is 5.87. The van der Waals surface area contributed by atoms with Crippen molar-refractivity contribution in [3.63, 3.8) is 0 Å². The maximum Gasteiger partial charge on any atom is 0.295 e. The summed E-state index contributed by atoms with van der Waals surface area (Å²) >= 11 is 0. The topological polar surface area (TPSA) is 172 Å². The Morgan fingerprint density at radius 3 is 2.54 bits per heavy atom. The summed E-state index contributed by atoms with van der Waals surface area (Å²) in [7, 11) is -1.86. The minimum absolute atomic E-state index is 0.0138. The van der Waals surface area contributed by atoms with Gasteiger partial charge in [-0.3, -0.25) is 19.1 Å². The highest BCUT2D eigenvalue weighted by Gasteiger charge is 2.33. The van der Waals surface area contributed by atoms with Crippen molar-refractivity contribution in [3.05, 3.63) is 52.6 Å². The van der Waals surface area contributed by atoms with Gasteiger partial charge in [0.25, 0.3) is 5.56 Å². The van der Waals surface area contributed by atoms with Gasteiger partial charge in [0.2, 0.25) is 5.88 Å². The van der Waals surface area contributed by atoms with Crippen molar-refractivity contribution in [3.8, 4) is 17.3 Å². The summed E-state index contributed by atoms with van der Waals surface area (Å²) in [6.07, 6.45) is 7.81. The number of nitrogens with zero attached hydrogens (tertiary/aromatic N) is 7. The lowest BCUT2D eigenvalue weighted by molar-refractivity contribution is -0.120. The molecule has 4 aromatic rings. The van der Waals surface area contributed by atoms with E-state index in [2.05, 4.69) is 30.2 Å². The van der Waals surface area contributed by atoms with Crippen LogP contribution in [-0.4, -0.2) is 61.5 Å². The van der Waals surface area contributed by atoms with E-state index in [1.54, 1.807) is 13.0 Å². The number of rotatable bonds is 9. The van der Waals surface area contributed by atoms with E-state index >= 15 is 0 Å². The Morgan fingerprint density at radius 1 is 1.05 bits per heavy atom. The molecule has 0 bridgehead atoms. The van der Waals surface area contributed by atoms with E-state index in [0.29, 0.717) is 47.7 Å². The molecule has 2 saturated carbocycles. The zero-order chi connectivity index (χ0) is 28.7. The minimum Gasteiger partial charge on any atom is -0.480 e. The number of aromatic nitrogens is 7. The molecule has 212 valence electrons. The highest BCUT2D eigenvalue weighted by molar-refractivity contribution is 7.91. The van der Waals surface area contributed by atoms with Crippen LogP contribution in [-0.2, 0) is 21.2 Å². The Morgan fingerprint density at radius 2 is 1.88 bits per heavy atom. The first-order valence-electron chi connectivity index (χ1n) is 13.4. The highest BCUT2D eigenvalue weighted by Crippen LogP contribution is 2.45. The van der Waals surface area contributed by atoms with Crippen molar-refractivity contribution in [1.82, 2.24) is 34.5 Å². The van der Waals surface area contributed by atoms with Crippen molar-refractivity contribution >= 4 is 32.6 Å². The van der Waals surface area contributed by atoms with E-state index < -0.39 is 21.4 Å². The van der Waals surface area contributed by atoms with Crippen LogP contribution in [0.15, 0.2) is 40.5 Å². The first kappa shape index (κ1) is 26.9. The van der Waals surface area contributed by atoms with E-state index in [0.717, 1.165) is 18.5 Å². The van der Waals surface area contributed by atoms with Crippen molar-refractivity contribution in [2.75, 3.05) is 18.2 Å². The standard InChI is InChI=1S/C27H28N8O5S/c1-3-41(38,39)17-10-9-16(28-12-17)11-29-24-27(37)35(19-5-4-6-20(19)36)25-18(33-24)13-30-23(34-25)21-22(15-7-8-15)31-14-32-26(21)40-2/h9-10,12-15,19H,3-8,11H2,1-2H3,(H,29,33). The first-order valence-corrected chi connectivity index (χ1v) is 15.1. The normalized spacial score (nSPS) is 17.2. The molecule has 1 N–H and O–H groups in total. The third kappa shape index (κ3) is 5.03. The quantitative estimate of drug-likeness (QED) is 0.309. The number of fused-ring (bicyclic) bond motifs is 1. The molecule has 4 heterocycles. The predicted octanol–water partition coefficient (Wildman–Crippen LogP) is 2.62. The van der Waals surface area contributed by atoms with E-state index in [1.807, 2.05) is 0 Å². The van der Waals surface area contributed by atoms with Crippen molar-refractivity contribution in [2.45, 2.75) is 62.4 Å². The number of methoxy groups -OCH3 is 1. The average molecular weight is 577 g/mol. The van der Waals surface area contributed by atoms with Gasteiger partial charge in [-0.25, -0.2) is 33.3 Å². The summed E-state index contributed by atoms with van der Waals surface area (Å²) in [5.41, 5.74) is 1.95. The molecule has 1 atom stereocenters. The zero-order valence-corrected chi connectivity index (χ0v) is 23.4. The minimum atomic E-state index is -3.38. The van der Waals surface area contributed by atoms with E-state index in [-0.39, 0.29) is 40.4 Å². The molecule has 2 aliphatic carbocycles. The number of pyridine rings is 1. The van der Waals surface area contributed by atoms with Gasteiger partial charge < -0.3 is 10.1 Å². The number of nitrogens with one attached hydrogen (secondary N) is 1. The summed E-state index contributed by atoms with van der Waals surface area (Å²) in [6, 6.07) is 2.39. The van der Waals surface area contributed by atoms with Crippen LogP contribution in [0.3, 0.4) is 0 Å². The van der Waals surface area contributed by atoms with Crippen LogP contribution in [0.5, 0.6) is 5.88 Å². The zero-order valence-electron chi connectivity index (χ0n) is 22.6. The molecular formula is C27H28N8O5S. The smallest absolute Gasteiger partial charge is 0.295 e. The molecule has 0 radical (unpaired) electrons. The molecule has 6 rings (SSSR count). The van der Waals surface area contributed by atoms with E-state index in [9.17, 15) is 18.0 Å². The lowest BCUT2D eigenvalue weighted by atomic mass is 10.1. The number of hydrogen-bond donors (Lipinski definition) is 1.